The lowest BCUT2D eigenvalue weighted by Gasteiger charge is -2.31. The Morgan fingerprint density at radius 1 is 1.06 bits per heavy atom. The number of nitrogens with one attached hydrogen (secondary N) is 1. The topological polar surface area (TPSA) is 58.6 Å². The van der Waals surface area contributed by atoms with E-state index < -0.39 is 6.04 Å². The van der Waals surface area contributed by atoms with Gasteiger partial charge in [-0.3, -0.25) is 9.59 Å². The lowest BCUT2D eigenvalue weighted by molar-refractivity contribution is -0.143. The van der Waals surface area contributed by atoms with E-state index in [1.54, 1.807) is 11.0 Å². The van der Waals surface area contributed by atoms with E-state index in [0.717, 1.165) is 5.56 Å². The molecule has 0 aliphatic heterocycles. The van der Waals surface area contributed by atoms with Gasteiger partial charge in [0.05, 0.1) is 0 Å². The van der Waals surface area contributed by atoms with E-state index in [0.29, 0.717) is 29.7 Å². The molecule has 0 radical (unpaired) electrons. The second-order valence-electron chi connectivity index (χ2n) is 9.74. The van der Waals surface area contributed by atoms with Crippen molar-refractivity contribution in [3.05, 3.63) is 64.7 Å². The molecule has 0 bridgehead atoms. The zero-order valence-corrected chi connectivity index (χ0v) is 21.4. The standard InChI is InChI=1S/C27H37ClN2O3/c1-7-24(26(32)29-16-19(2)3)30(17-20-10-8-9-11-23(20)28)25(31)18-33-22-14-12-21(13-15-22)27(4,5)6/h8-15,19,24H,7,16-18H2,1-6H3,(H,29,32)/t24-/m1/s1. The van der Waals surface area contributed by atoms with Crippen LogP contribution in [0.5, 0.6) is 5.75 Å². The molecule has 1 atom stereocenters. The molecule has 1 N–H and O–H groups in total. The number of halogens is 1. The van der Waals surface area contributed by atoms with Crippen LogP contribution in [0, 0.1) is 5.92 Å². The third-order valence-corrected chi connectivity index (χ3v) is 5.82. The highest BCUT2D eigenvalue weighted by Gasteiger charge is 2.29. The molecule has 0 saturated carbocycles. The van der Waals surface area contributed by atoms with Crippen LogP contribution >= 0.6 is 11.6 Å². The van der Waals surface area contributed by atoms with Gasteiger partial charge in [0.15, 0.2) is 6.61 Å². The summed E-state index contributed by atoms with van der Waals surface area (Å²) >= 11 is 6.36. The summed E-state index contributed by atoms with van der Waals surface area (Å²) in [6.07, 6.45) is 0.487. The van der Waals surface area contributed by atoms with Crippen LogP contribution in [0.2, 0.25) is 5.02 Å². The van der Waals surface area contributed by atoms with Crippen LogP contribution in [0.3, 0.4) is 0 Å². The summed E-state index contributed by atoms with van der Waals surface area (Å²) in [7, 11) is 0. The molecular formula is C27H37ClN2O3. The van der Waals surface area contributed by atoms with Gasteiger partial charge in [0, 0.05) is 18.1 Å². The maximum atomic E-state index is 13.3. The fourth-order valence-electron chi connectivity index (χ4n) is 3.43. The van der Waals surface area contributed by atoms with Crippen molar-refractivity contribution in [3.63, 3.8) is 0 Å². The summed E-state index contributed by atoms with van der Waals surface area (Å²) in [6.45, 7) is 13.0. The average molecular weight is 473 g/mol. The first kappa shape index (κ1) is 26.7. The monoisotopic (exact) mass is 472 g/mol. The van der Waals surface area contributed by atoms with E-state index >= 15 is 0 Å². The van der Waals surface area contributed by atoms with Gasteiger partial charge in [0.1, 0.15) is 11.8 Å². The van der Waals surface area contributed by atoms with E-state index in [1.165, 1.54) is 5.56 Å². The number of carbonyl (C=O) groups excluding carboxylic acids is 2. The third kappa shape index (κ3) is 8.08. The van der Waals surface area contributed by atoms with Gasteiger partial charge in [0.25, 0.3) is 5.91 Å². The zero-order valence-electron chi connectivity index (χ0n) is 20.7. The molecular weight excluding hydrogens is 436 g/mol. The minimum Gasteiger partial charge on any atom is -0.484 e. The number of nitrogens with zero attached hydrogens (tertiary/aromatic N) is 1. The molecule has 33 heavy (non-hydrogen) atoms. The van der Waals surface area contributed by atoms with Crippen LogP contribution in [0.1, 0.15) is 59.1 Å². The Morgan fingerprint density at radius 2 is 1.70 bits per heavy atom. The smallest absolute Gasteiger partial charge is 0.261 e. The summed E-state index contributed by atoms with van der Waals surface area (Å²) in [6, 6.07) is 14.5. The number of hydrogen-bond acceptors (Lipinski definition) is 3. The van der Waals surface area contributed by atoms with E-state index in [1.807, 2.05) is 63.2 Å². The highest BCUT2D eigenvalue weighted by Crippen LogP contribution is 2.25. The summed E-state index contributed by atoms with van der Waals surface area (Å²) < 4.78 is 5.80. The Bertz CT molecular complexity index is 920. The van der Waals surface area contributed by atoms with Crippen LogP contribution < -0.4 is 10.1 Å². The first-order valence-electron chi connectivity index (χ1n) is 11.6. The Morgan fingerprint density at radius 3 is 2.24 bits per heavy atom. The Labute approximate surface area is 203 Å². The van der Waals surface area contributed by atoms with Gasteiger partial charge in [-0.15, -0.1) is 0 Å². The molecule has 0 saturated heterocycles. The van der Waals surface area contributed by atoms with Gasteiger partial charge < -0.3 is 15.0 Å². The molecule has 0 aromatic heterocycles. The van der Waals surface area contributed by atoms with Crippen molar-refractivity contribution < 1.29 is 14.3 Å². The third-order valence-electron chi connectivity index (χ3n) is 5.45. The van der Waals surface area contributed by atoms with Crippen LogP contribution in [0.15, 0.2) is 48.5 Å². The van der Waals surface area contributed by atoms with Crippen molar-refractivity contribution in [2.45, 2.75) is 66.0 Å². The summed E-state index contributed by atoms with van der Waals surface area (Å²) in [4.78, 5) is 27.8. The SMILES string of the molecule is CC[C@H](C(=O)NCC(C)C)N(Cc1ccccc1Cl)C(=O)COc1ccc(C(C)(C)C)cc1. The first-order chi connectivity index (χ1) is 15.5. The Hall–Kier alpha value is -2.53. The van der Waals surface area contributed by atoms with E-state index in [4.69, 9.17) is 16.3 Å². The highest BCUT2D eigenvalue weighted by atomic mass is 35.5. The molecule has 2 rings (SSSR count). The van der Waals surface area contributed by atoms with Crippen LogP contribution in [0.25, 0.3) is 0 Å². The number of hydrogen-bond donors (Lipinski definition) is 1. The second-order valence-corrected chi connectivity index (χ2v) is 10.1. The normalized spacial score (nSPS) is 12.4. The van der Waals surface area contributed by atoms with E-state index in [-0.39, 0.29) is 30.4 Å². The molecule has 180 valence electrons. The van der Waals surface area contributed by atoms with Crippen LogP contribution in [-0.2, 0) is 21.5 Å². The van der Waals surface area contributed by atoms with Crippen molar-refractivity contribution in [2.24, 2.45) is 5.92 Å². The quantitative estimate of drug-likeness (QED) is 0.490. The number of ether oxygens (including phenoxy) is 1. The molecule has 2 amide bonds. The summed E-state index contributed by atoms with van der Waals surface area (Å²) in [5.74, 6) is 0.507. The number of benzene rings is 2. The minimum absolute atomic E-state index is 0.0395. The minimum atomic E-state index is -0.612. The molecule has 0 aliphatic carbocycles. The number of rotatable bonds is 10. The summed E-state index contributed by atoms with van der Waals surface area (Å²) in [5.41, 5.74) is 2.02. The largest absolute Gasteiger partial charge is 0.484 e. The van der Waals surface area contributed by atoms with Crippen LogP contribution in [0.4, 0.5) is 0 Å². The number of carbonyl (C=O) groups is 2. The van der Waals surface area contributed by atoms with Gasteiger partial charge in [-0.05, 0) is 47.1 Å². The van der Waals surface area contributed by atoms with Crippen LogP contribution in [-0.4, -0.2) is 35.9 Å². The Kier molecular flexibility index (Phi) is 9.78. The molecule has 2 aromatic rings. The van der Waals surface area contributed by atoms with Crippen molar-refractivity contribution in [2.75, 3.05) is 13.2 Å². The Balaban J connectivity index is 2.19. The molecule has 0 spiro atoms. The molecule has 5 nitrogen and oxygen atoms in total. The van der Waals surface area contributed by atoms with Crippen molar-refractivity contribution >= 4 is 23.4 Å². The van der Waals surface area contributed by atoms with Gasteiger partial charge >= 0.3 is 0 Å². The van der Waals surface area contributed by atoms with Gasteiger partial charge in [-0.1, -0.05) is 83.5 Å². The van der Waals surface area contributed by atoms with Crippen molar-refractivity contribution in [1.82, 2.24) is 10.2 Å². The lowest BCUT2D eigenvalue weighted by atomic mass is 9.87. The fourth-order valence-corrected chi connectivity index (χ4v) is 3.63. The molecule has 0 fully saturated rings. The highest BCUT2D eigenvalue weighted by molar-refractivity contribution is 6.31. The molecule has 0 unspecified atom stereocenters. The average Bonchev–Trinajstić information content (AvgIpc) is 2.76. The van der Waals surface area contributed by atoms with Gasteiger partial charge in [-0.2, -0.15) is 0 Å². The first-order valence-corrected chi connectivity index (χ1v) is 11.9. The van der Waals surface area contributed by atoms with E-state index in [9.17, 15) is 9.59 Å². The van der Waals surface area contributed by atoms with Crippen molar-refractivity contribution in [3.8, 4) is 5.75 Å². The lowest BCUT2D eigenvalue weighted by Crippen LogP contribution is -2.50. The maximum Gasteiger partial charge on any atom is 0.261 e. The fraction of sp³-hybridized carbons (Fsp3) is 0.481. The van der Waals surface area contributed by atoms with E-state index in [2.05, 4.69) is 26.1 Å². The van der Waals surface area contributed by atoms with Crippen molar-refractivity contribution in [1.29, 1.82) is 0 Å². The second kappa shape index (κ2) is 12.1. The molecule has 2 aromatic carbocycles. The molecule has 6 heteroatoms. The predicted molar refractivity (Wildman–Crippen MR) is 135 cm³/mol. The number of amides is 2. The van der Waals surface area contributed by atoms with Gasteiger partial charge in [-0.25, -0.2) is 0 Å². The molecule has 0 aliphatic rings. The summed E-state index contributed by atoms with van der Waals surface area (Å²) in [5, 5.41) is 3.52. The van der Waals surface area contributed by atoms with Gasteiger partial charge in [0.2, 0.25) is 5.91 Å². The predicted octanol–water partition coefficient (Wildman–Crippen LogP) is 5.60. The molecule has 0 heterocycles. The maximum absolute atomic E-state index is 13.3. The zero-order chi connectivity index (χ0) is 24.6.